The number of rotatable bonds is 10. The van der Waals surface area contributed by atoms with Crippen molar-refractivity contribution in [1.82, 2.24) is 25.3 Å². The lowest BCUT2D eigenvalue weighted by molar-refractivity contribution is 0.368. The standard InChI is InChI=1S/C23H32N6O/c1-4-19(5-2)21-15-20(30-28-21)16-27-23(24-3)26-12-11-22-25-13-14-29(22)17-18-9-7-6-8-10-18/h6-10,13-15,19H,4-5,11-12,16-17H2,1-3H3,(H2,24,26,27). The predicted octanol–water partition coefficient (Wildman–Crippen LogP) is 3.73. The summed E-state index contributed by atoms with van der Waals surface area (Å²) in [6.45, 7) is 6.47. The number of nitrogens with zero attached hydrogens (tertiary/aromatic N) is 4. The van der Waals surface area contributed by atoms with Crippen LogP contribution in [0.1, 0.15) is 55.4 Å². The number of aromatic nitrogens is 3. The Kier molecular flexibility index (Phi) is 8.06. The van der Waals surface area contributed by atoms with E-state index in [4.69, 9.17) is 4.52 Å². The van der Waals surface area contributed by atoms with Gasteiger partial charge in [0.15, 0.2) is 11.7 Å². The fourth-order valence-corrected chi connectivity index (χ4v) is 3.49. The van der Waals surface area contributed by atoms with E-state index in [0.717, 1.165) is 55.6 Å². The van der Waals surface area contributed by atoms with E-state index in [9.17, 15) is 0 Å². The molecule has 30 heavy (non-hydrogen) atoms. The number of nitrogens with one attached hydrogen (secondary N) is 2. The Labute approximate surface area is 178 Å². The minimum absolute atomic E-state index is 0.458. The van der Waals surface area contributed by atoms with Gasteiger partial charge in [-0.15, -0.1) is 0 Å². The maximum atomic E-state index is 5.47. The van der Waals surface area contributed by atoms with Gasteiger partial charge in [-0.25, -0.2) is 4.98 Å². The lowest BCUT2D eigenvalue weighted by Gasteiger charge is -2.12. The minimum Gasteiger partial charge on any atom is -0.359 e. The number of hydrogen-bond acceptors (Lipinski definition) is 4. The Hall–Kier alpha value is -3.09. The van der Waals surface area contributed by atoms with Gasteiger partial charge in [0.2, 0.25) is 0 Å². The smallest absolute Gasteiger partial charge is 0.191 e. The predicted molar refractivity (Wildman–Crippen MR) is 120 cm³/mol. The molecule has 2 aromatic heterocycles. The van der Waals surface area contributed by atoms with Crippen LogP contribution in [0.25, 0.3) is 0 Å². The summed E-state index contributed by atoms with van der Waals surface area (Å²) >= 11 is 0. The van der Waals surface area contributed by atoms with Crippen molar-refractivity contribution in [3.05, 3.63) is 71.6 Å². The van der Waals surface area contributed by atoms with E-state index >= 15 is 0 Å². The summed E-state index contributed by atoms with van der Waals surface area (Å²) in [4.78, 5) is 8.79. The van der Waals surface area contributed by atoms with Crippen LogP contribution in [0.3, 0.4) is 0 Å². The van der Waals surface area contributed by atoms with Gasteiger partial charge in [0.1, 0.15) is 5.82 Å². The van der Waals surface area contributed by atoms with Crippen molar-refractivity contribution in [3.8, 4) is 0 Å². The van der Waals surface area contributed by atoms with Gasteiger partial charge in [-0.2, -0.15) is 0 Å². The molecule has 0 radical (unpaired) electrons. The molecule has 2 N–H and O–H groups in total. The first kappa shape index (κ1) is 21.6. The van der Waals surface area contributed by atoms with Gasteiger partial charge < -0.3 is 19.7 Å². The topological polar surface area (TPSA) is 80.3 Å². The molecular formula is C23H32N6O. The molecule has 0 saturated heterocycles. The molecule has 0 fully saturated rings. The molecule has 0 bridgehead atoms. The Morgan fingerprint density at radius 3 is 2.70 bits per heavy atom. The molecule has 0 aliphatic rings. The fraction of sp³-hybridized carbons (Fsp3) is 0.435. The second-order valence-electron chi connectivity index (χ2n) is 7.29. The van der Waals surface area contributed by atoms with Crippen LogP contribution < -0.4 is 10.6 Å². The second kappa shape index (κ2) is 11.2. The largest absolute Gasteiger partial charge is 0.359 e. The first-order valence-corrected chi connectivity index (χ1v) is 10.7. The van der Waals surface area contributed by atoms with E-state index in [1.807, 2.05) is 24.5 Å². The summed E-state index contributed by atoms with van der Waals surface area (Å²) in [7, 11) is 1.77. The van der Waals surface area contributed by atoms with E-state index in [-0.39, 0.29) is 0 Å². The molecule has 7 heteroatoms. The molecule has 0 saturated carbocycles. The van der Waals surface area contributed by atoms with Gasteiger partial charge in [-0.1, -0.05) is 49.3 Å². The lowest BCUT2D eigenvalue weighted by atomic mass is 9.99. The molecule has 0 atom stereocenters. The first-order valence-electron chi connectivity index (χ1n) is 10.7. The van der Waals surface area contributed by atoms with Crippen molar-refractivity contribution in [1.29, 1.82) is 0 Å². The van der Waals surface area contributed by atoms with Crippen LogP contribution in [0.15, 0.2) is 58.3 Å². The zero-order valence-electron chi connectivity index (χ0n) is 18.1. The van der Waals surface area contributed by atoms with Crippen molar-refractivity contribution >= 4 is 5.96 Å². The van der Waals surface area contributed by atoms with Crippen molar-refractivity contribution in [3.63, 3.8) is 0 Å². The maximum Gasteiger partial charge on any atom is 0.191 e. The van der Waals surface area contributed by atoms with Gasteiger partial charge in [-0.05, 0) is 18.4 Å². The maximum absolute atomic E-state index is 5.47. The van der Waals surface area contributed by atoms with Gasteiger partial charge in [0.25, 0.3) is 0 Å². The van der Waals surface area contributed by atoms with E-state index < -0.39 is 0 Å². The van der Waals surface area contributed by atoms with Crippen molar-refractivity contribution < 1.29 is 4.52 Å². The van der Waals surface area contributed by atoms with Crippen molar-refractivity contribution in [2.45, 2.75) is 52.1 Å². The van der Waals surface area contributed by atoms with Crippen LogP contribution in [-0.4, -0.2) is 34.3 Å². The summed E-state index contributed by atoms with van der Waals surface area (Å²) in [5.41, 5.74) is 2.30. The number of imidazole rings is 1. The Balaban J connectivity index is 1.46. The highest BCUT2D eigenvalue weighted by atomic mass is 16.5. The summed E-state index contributed by atoms with van der Waals surface area (Å²) in [6.07, 6.45) is 6.82. The number of benzene rings is 1. The summed E-state index contributed by atoms with van der Waals surface area (Å²) < 4.78 is 7.65. The van der Waals surface area contributed by atoms with Crippen LogP contribution in [-0.2, 0) is 19.5 Å². The highest BCUT2D eigenvalue weighted by Gasteiger charge is 2.13. The van der Waals surface area contributed by atoms with Gasteiger partial charge >= 0.3 is 0 Å². The number of hydrogen-bond donors (Lipinski definition) is 2. The van der Waals surface area contributed by atoms with Crippen molar-refractivity contribution in [2.24, 2.45) is 4.99 Å². The third-order valence-corrected chi connectivity index (χ3v) is 5.27. The number of guanidine groups is 1. The highest BCUT2D eigenvalue weighted by molar-refractivity contribution is 5.79. The monoisotopic (exact) mass is 408 g/mol. The molecule has 0 amide bonds. The quantitative estimate of drug-likeness (QED) is 0.395. The fourth-order valence-electron chi connectivity index (χ4n) is 3.49. The van der Waals surface area contributed by atoms with Crippen LogP contribution in [0.5, 0.6) is 0 Å². The Bertz CT molecular complexity index is 911. The van der Waals surface area contributed by atoms with E-state index in [1.165, 1.54) is 5.56 Å². The van der Waals surface area contributed by atoms with Gasteiger partial charge in [0, 0.05) is 50.9 Å². The molecule has 0 spiro atoms. The summed E-state index contributed by atoms with van der Waals surface area (Å²) in [5.74, 6) is 3.06. The highest BCUT2D eigenvalue weighted by Crippen LogP contribution is 2.22. The van der Waals surface area contributed by atoms with E-state index in [1.54, 1.807) is 7.05 Å². The average molecular weight is 409 g/mol. The van der Waals surface area contributed by atoms with Gasteiger partial charge in [-0.3, -0.25) is 4.99 Å². The third kappa shape index (κ3) is 5.95. The van der Waals surface area contributed by atoms with E-state index in [2.05, 4.69) is 68.4 Å². The zero-order chi connectivity index (χ0) is 21.2. The van der Waals surface area contributed by atoms with Crippen LogP contribution in [0.2, 0.25) is 0 Å². The Morgan fingerprint density at radius 2 is 1.97 bits per heavy atom. The van der Waals surface area contributed by atoms with Crippen molar-refractivity contribution in [2.75, 3.05) is 13.6 Å². The van der Waals surface area contributed by atoms with Gasteiger partial charge in [0.05, 0.1) is 12.2 Å². The van der Waals surface area contributed by atoms with Crippen LogP contribution in [0.4, 0.5) is 0 Å². The molecule has 3 aromatic rings. The molecule has 160 valence electrons. The molecule has 0 unspecified atom stereocenters. The third-order valence-electron chi connectivity index (χ3n) is 5.27. The minimum atomic E-state index is 0.458. The summed E-state index contributed by atoms with van der Waals surface area (Å²) in [6, 6.07) is 12.5. The normalized spacial score (nSPS) is 11.8. The first-order chi connectivity index (χ1) is 14.7. The number of aliphatic imine (C=N–C) groups is 1. The van der Waals surface area contributed by atoms with E-state index in [0.29, 0.717) is 12.5 Å². The molecule has 7 nitrogen and oxygen atoms in total. The van der Waals surface area contributed by atoms with Crippen LogP contribution in [0, 0.1) is 0 Å². The molecule has 0 aliphatic carbocycles. The molecule has 0 aliphatic heterocycles. The molecule has 2 heterocycles. The molecule has 3 rings (SSSR count). The summed E-state index contributed by atoms with van der Waals surface area (Å²) in [5, 5.41) is 10.8. The lowest BCUT2D eigenvalue weighted by Crippen LogP contribution is -2.38. The zero-order valence-corrected chi connectivity index (χ0v) is 18.1. The van der Waals surface area contributed by atoms with Crippen LogP contribution >= 0.6 is 0 Å². The SMILES string of the molecule is CCC(CC)c1cc(CNC(=NC)NCCc2nccn2Cc2ccccc2)on1. The molecule has 1 aromatic carbocycles. The second-order valence-corrected chi connectivity index (χ2v) is 7.29. The Morgan fingerprint density at radius 1 is 1.17 bits per heavy atom. The molecular weight excluding hydrogens is 376 g/mol. The average Bonchev–Trinajstić information content (AvgIpc) is 3.42.